The van der Waals surface area contributed by atoms with Gasteiger partial charge in [-0.3, -0.25) is 4.90 Å². The van der Waals surface area contributed by atoms with Crippen LogP contribution in [0.2, 0.25) is 0 Å². The maximum Gasteiger partial charge on any atom is 0.119 e. The molecule has 0 saturated carbocycles. The Hall–Kier alpha value is -1.80. The first kappa shape index (κ1) is 15.1. The van der Waals surface area contributed by atoms with Crippen molar-refractivity contribution in [1.29, 1.82) is 0 Å². The molecule has 0 aromatic heterocycles. The predicted octanol–water partition coefficient (Wildman–Crippen LogP) is 4.45. The lowest BCUT2D eigenvalue weighted by Gasteiger charge is -2.16. The molecular formula is C20H25NO. The van der Waals surface area contributed by atoms with Crippen molar-refractivity contribution in [3.05, 3.63) is 53.6 Å². The second-order valence-electron chi connectivity index (χ2n) is 6.19. The molecule has 2 nitrogen and oxygen atoms in total. The SMILES string of the molecule is Cc1cccc(C)c1-c1cccc(OCCN2CCCC2)c1. The first-order valence-electron chi connectivity index (χ1n) is 8.26. The van der Waals surface area contributed by atoms with E-state index in [0.717, 1.165) is 18.9 Å². The summed E-state index contributed by atoms with van der Waals surface area (Å²) < 4.78 is 5.97. The number of rotatable bonds is 5. The van der Waals surface area contributed by atoms with Crippen LogP contribution in [0.15, 0.2) is 42.5 Å². The van der Waals surface area contributed by atoms with E-state index < -0.39 is 0 Å². The van der Waals surface area contributed by atoms with Gasteiger partial charge in [0.05, 0.1) is 0 Å². The quantitative estimate of drug-likeness (QED) is 0.808. The zero-order valence-corrected chi connectivity index (χ0v) is 13.6. The van der Waals surface area contributed by atoms with Gasteiger partial charge in [-0.25, -0.2) is 0 Å². The van der Waals surface area contributed by atoms with Gasteiger partial charge < -0.3 is 4.74 Å². The molecule has 0 aliphatic carbocycles. The van der Waals surface area contributed by atoms with Crippen molar-refractivity contribution in [1.82, 2.24) is 4.90 Å². The highest BCUT2D eigenvalue weighted by Crippen LogP contribution is 2.29. The average molecular weight is 295 g/mol. The van der Waals surface area contributed by atoms with Crippen LogP contribution >= 0.6 is 0 Å². The first-order valence-corrected chi connectivity index (χ1v) is 8.26. The van der Waals surface area contributed by atoms with Crippen molar-refractivity contribution in [3.8, 4) is 16.9 Å². The van der Waals surface area contributed by atoms with Crippen LogP contribution in [0.1, 0.15) is 24.0 Å². The summed E-state index contributed by atoms with van der Waals surface area (Å²) in [6.45, 7) is 8.61. The summed E-state index contributed by atoms with van der Waals surface area (Å²) in [6, 6.07) is 14.9. The third kappa shape index (κ3) is 3.50. The van der Waals surface area contributed by atoms with Crippen LogP contribution in [0.4, 0.5) is 0 Å². The normalized spacial score (nSPS) is 15.2. The molecule has 0 radical (unpaired) electrons. The predicted molar refractivity (Wildman–Crippen MR) is 92.5 cm³/mol. The Bertz CT molecular complexity index is 609. The fraction of sp³-hybridized carbons (Fsp3) is 0.400. The zero-order valence-electron chi connectivity index (χ0n) is 13.6. The molecule has 116 valence electrons. The summed E-state index contributed by atoms with van der Waals surface area (Å²) in [4.78, 5) is 2.48. The number of ether oxygens (including phenoxy) is 1. The molecule has 1 saturated heterocycles. The second-order valence-corrected chi connectivity index (χ2v) is 6.19. The lowest BCUT2D eigenvalue weighted by Crippen LogP contribution is -2.25. The summed E-state index contributed by atoms with van der Waals surface area (Å²) in [6.07, 6.45) is 2.67. The molecule has 2 heteroatoms. The van der Waals surface area contributed by atoms with Crippen LogP contribution in [0.5, 0.6) is 5.75 Å². The van der Waals surface area contributed by atoms with Crippen LogP contribution in [0.25, 0.3) is 11.1 Å². The van der Waals surface area contributed by atoms with E-state index in [1.165, 1.54) is 48.2 Å². The lowest BCUT2D eigenvalue weighted by atomic mass is 9.96. The molecule has 0 unspecified atom stereocenters. The number of benzene rings is 2. The molecule has 0 amide bonds. The van der Waals surface area contributed by atoms with E-state index in [9.17, 15) is 0 Å². The number of nitrogens with zero attached hydrogens (tertiary/aromatic N) is 1. The summed E-state index contributed by atoms with van der Waals surface area (Å²) >= 11 is 0. The molecule has 0 spiro atoms. The van der Waals surface area contributed by atoms with Gasteiger partial charge in [-0.1, -0.05) is 30.3 Å². The third-order valence-corrected chi connectivity index (χ3v) is 4.48. The average Bonchev–Trinajstić information content (AvgIpc) is 3.01. The van der Waals surface area contributed by atoms with Gasteiger partial charge >= 0.3 is 0 Å². The molecule has 1 heterocycles. The minimum Gasteiger partial charge on any atom is -0.492 e. The van der Waals surface area contributed by atoms with Crippen molar-refractivity contribution in [2.45, 2.75) is 26.7 Å². The second kappa shape index (κ2) is 6.97. The number of likely N-dealkylation sites (tertiary alicyclic amines) is 1. The lowest BCUT2D eigenvalue weighted by molar-refractivity contribution is 0.238. The fourth-order valence-corrected chi connectivity index (χ4v) is 3.31. The molecule has 0 N–H and O–H groups in total. The molecule has 1 fully saturated rings. The maximum atomic E-state index is 5.97. The van der Waals surface area contributed by atoms with Gasteiger partial charge in [0, 0.05) is 6.54 Å². The molecule has 3 rings (SSSR count). The minimum atomic E-state index is 0.774. The van der Waals surface area contributed by atoms with Crippen molar-refractivity contribution < 1.29 is 4.74 Å². The number of hydrogen-bond acceptors (Lipinski definition) is 2. The zero-order chi connectivity index (χ0) is 15.4. The Morgan fingerprint density at radius 1 is 0.955 bits per heavy atom. The van der Waals surface area contributed by atoms with Crippen LogP contribution in [0, 0.1) is 13.8 Å². The summed E-state index contributed by atoms with van der Waals surface area (Å²) in [5.74, 6) is 0.972. The monoisotopic (exact) mass is 295 g/mol. The molecular weight excluding hydrogens is 270 g/mol. The first-order chi connectivity index (χ1) is 10.7. The van der Waals surface area contributed by atoms with Gasteiger partial charge in [-0.05, 0) is 74.2 Å². The van der Waals surface area contributed by atoms with Crippen molar-refractivity contribution in [2.75, 3.05) is 26.2 Å². The van der Waals surface area contributed by atoms with E-state index >= 15 is 0 Å². The van der Waals surface area contributed by atoms with Crippen LogP contribution in [0.3, 0.4) is 0 Å². The summed E-state index contributed by atoms with van der Waals surface area (Å²) in [7, 11) is 0. The summed E-state index contributed by atoms with van der Waals surface area (Å²) in [5.41, 5.74) is 5.20. The summed E-state index contributed by atoms with van der Waals surface area (Å²) in [5, 5.41) is 0. The van der Waals surface area contributed by atoms with Gasteiger partial charge in [0.15, 0.2) is 0 Å². The Balaban J connectivity index is 1.69. The Labute approximate surface area is 133 Å². The van der Waals surface area contributed by atoms with E-state index in [0.29, 0.717) is 0 Å². The highest BCUT2D eigenvalue weighted by molar-refractivity contribution is 5.71. The van der Waals surface area contributed by atoms with E-state index in [1.807, 2.05) is 0 Å². The highest BCUT2D eigenvalue weighted by atomic mass is 16.5. The van der Waals surface area contributed by atoms with Crippen LogP contribution in [-0.2, 0) is 0 Å². The fourth-order valence-electron chi connectivity index (χ4n) is 3.31. The van der Waals surface area contributed by atoms with E-state index in [2.05, 4.69) is 61.2 Å². The molecule has 2 aromatic rings. The largest absolute Gasteiger partial charge is 0.492 e. The van der Waals surface area contributed by atoms with Gasteiger partial charge in [0.25, 0.3) is 0 Å². The molecule has 22 heavy (non-hydrogen) atoms. The van der Waals surface area contributed by atoms with E-state index in [1.54, 1.807) is 0 Å². The molecule has 1 aliphatic heterocycles. The third-order valence-electron chi connectivity index (χ3n) is 4.48. The molecule has 2 aromatic carbocycles. The Morgan fingerprint density at radius 3 is 2.36 bits per heavy atom. The standard InChI is InChI=1S/C20H25NO/c1-16-7-5-8-17(2)20(16)18-9-6-10-19(15-18)22-14-13-21-11-3-4-12-21/h5-10,15H,3-4,11-14H2,1-2H3. The highest BCUT2D eigenvalue weighted by Gasteiger charge is 2.11. The van der Waals surface area contributed by atoms with Crippen molar-refractivity contribution >= 4 is 0 Å². The van der Waals surface area contributed by atoms with E-state index in [-0.39, 0.29) is 0 Å². The molecule has 1 aliphatic rings. The number of hydrogen-bond donors (Lipinski definition) is 0. The minimum absolute atomic E-state index is 0.774. The number of aryl methyl sites for hydroxylation is 2. The van der Waals surface area contributed by atoms with Gasteiger partial charge in [0.2, 0.25) is 0 Å². The van der Waals surface area contributed by atoms with Gasteiger partial charge in [0.1, 0.15) is 12.4 Å². The Morgan fingerprint density at radius 2 is 1.64 bits per heavy atom. The van der Waals surface area contributed by atoms with Crippen molar-refractivity contribution in [3.63, 3.8) is 0 Å². The topological polar surface area (TPSA) is 12.5 Å². The Kier molecular flexibility index (Phi) is 4.79. The van der Waals surface area contributed by atoms with Crippen LogP contribution in [-0.4, -0.2) is 31.1 Å². The van der Waals surface area contributed by atoms with Crippen LogP contribution < -0.4 is 4.74 Å². The van der Waals surface area contributed by atoms with Gasteiger partial charge in [-0.2, -0.15) is 0 Å². The molecule has 0 atom stereocenters. The molecule has 0 bridgehead atoms. The van der Waals surface area contributed by atoms with Gasteiger partial charge in [-0.15, -0.1) is 0 Å². The van der Waals surface area contributed by atoms with Crippen molar-refractivity contribution in [2.24, 2.45) is 0 Å². The van der Waals surface area contributed by atoms with E-state index in [4.69, 9.17) is 4.74 Å². The maximum absolute atomic E-state index is 5.97. The smallest absolute Gasteiger partial charge is 0.119 e.